The number of benzene rings is 1. The van der Waals surface area contributed by atoms with E-state index in [1.807, 2.05) is 4.90 Å². The van der Waals surface area contributed by atoms with Crippen LogP contribution in [0.4, 0.5) is 0 Å². The van der Waals surface area contributed by atoms with E-state index >= 15 is 0 Å². The molecule has 0 bridgehead atoms. The molecule has 2 heterocycles. The molecule has 0 aromatic heterocycles. The number of carbonyl (C=O) groups is 1. The fourth-order valence-electron chi connectivity index (χ4n) is 4.16. The number of hydrogen-bond acceptors (Lipinski definition) is 5. The van der Waals surface area contributed by atoms with Gasteiger partial charge in [-0.05, 0) is 49.8 Å². The van der Waals surface area contributed by atoms with Gasteiger partial charge < -0.3 is 9.64 Å². The van der Waals surface area contributed by atoms with E-state index in [0.29, 0.717) is 57.0 Å². The minimum Gasteiger partial charge on any atom is -0.381 e. The Morgan fingerprint density at radius 2 is 1.80 bits per heavy atom. The summed E-state index contributed by atoms with van der Waals surface area (Å²) in [6.45, 7) is 2.92. The minimum atomic E-state index is -3.43. The van der Waals surface area contributed by atoms with Crippen molar-refractivity contribution in [1.29, 1.82) is 5.26 Å². The van der Waals surface area contributed by atoms with Gasteiger partial charge in [0.2, 0.25) is 15.9 Å². The lowest BCUT2D eigenvalue weighted by molar-refractivity contribution is -0.135. The summed E-state index contributed by atoms with van der Waals surface area (Å²) in [4.78, 5) is 15.0. The lowest BCUT2D eigenvalue weighted by Crippen LogP contribution is -2.44. The van der Waals surface area contributed by atoms with E-state index in [4.69, 9.17) is 10.00 Å². The van der Waals surface area contributed by atoms with Crippen LogP contribution in [-0.2, 0) is 26.0 Å². The maximum absolute atomic E-state index is 12.8. The smallest absolute Gasteiger partial charge is 0.243 e. The largest absolute Gasteiger partial charge is 0.381 e. The van der Waals surface area contributed by atoms with Crippen LogP contribution in [0.2, 0.25) is 0 Å². The Labute approximate surface area is 179 Å². The fourth-order valence-corrected chi connectivity index (χ4v) is 5.67. The summed E-state index contributed by atoms with van der Waals surface area (Å²) < 4.78 is 32.5. The molecule has 7 nitrogen and oxygen atoms in total. The Kier molecular flexibility index (Phi) is 8.25. The highest BCUT2D eigenvalue weighted by Crippen LogP contribution is 2.22. The average Bonchev–Trinajstić information content (AvgIpc) is 2.79. The number of hydrogen-bond donors (Lipinski definition) is 0. The maximum Gasteiger partial charge on any atom is 0.243 e. The van der Waals surface area contributed by atoms with Crippen molar-refractivity contribution in [2.45, 2.75) is 62.3 Å². The highest BCUT2D eigenvalue weighted by atomic mass is 32.2. The molecule has 3 rings (SSSR count). The van der Waals surface area contributed by atoms with Crippen molar-refractivity contribution in [3.8, 4) is 6.07 Å². The van der Waals surface area contributed by atoms with Crippen molar-refractivity contribution in [3.63, 3.8) is 0 Å². The van der Waals surface area contributed by atoms with Gasteiger partial charge in [-0.3, -0.25) is 4.79 Å². The van der Waals surface area contributed by atoms with Crippen LogP contribution in [0.15, 0.2) is 29.2 Å². The second-order valence-electron chi connectivity index (χ2n) is 7.95. The number of rotatable bonds is 8. The van der Waals surface area contributed by atoms with Crippen LogP contribution in [0.25, 0.3) is 0 Å². The van der Waals surface area contributed by atoms with E-state index in [2.05, 4.69) is 6.07 Å². The van der Waals surface area contributed by atoms with E-state index in [1.165, 1.54) is 0 Å². The van der Waals surface area contributed by atoms with Gasteiger partial charge in [0, 0.05) is 45.3 Å². The molecule has 0 radical (unpaired) electrons. The normalized spacial score (nSPS) is 18.6. The van der Waals surface area contributed by atoms with Crippen LogP contribution in [0.1, 0.15) is 50.5 Å². The Bertz CT molecular complexity index is 836. The quantitative estimate of drug-likeness (QED) is 0.629. The molecule has 0 saturated carbocycles. The van der Waals surface area contributed by atoms with E-state index < -0.39 is 10.0 Å². The van der Waals surface area contributed by atoms with Crippen molar-refractivity contribution in [2.24, 2.45) is 0 Å². The van der Waals surface area contributed by atoms with Crippen LogP contribution >= 0.6 is 0 Å². The SMILES string of the molecule is N#CCCN(C(=O)CCc1ccc(S(=O)(=O)N2CCCCC2)cc1)C1CCOCC1. The molecule has 164 valence electrons. The maximum atomic E-state index is 12.8. The monoisotopic (exact) mass is 433 g/mol. The summed E-state index contributed by atoms with van der Waals surface area (Å²) in [5, 5.41) is 8.92. The molecule has 2 fully saturated rings. The summed E-state index contributed by atoms with van der Waals surface area (Å²) in [6.07, 6.45) is 5.74. The van der Waals surface area contributed by atoms with E-state index in [1.54, 1.807) is 28.6 Å². The Morgan fingerprint density at radius 3 is 2.43 bits per heavy atom. The van der Waals surface area contributed by atoms with Gasteiger partial charge in [-0.1, -0.05) is 18.6 Å². The molecule has 0 spiro atoms. The van der Waals surface area contributed by atoms with Crippen molar-refractivity contribution >= 4 is 15.9 Å². The van der Waals surface area contributed by atoms with E-state index in [0.717, 1.165) is 37.7 Å². The van der Waals surface area contributed by atoms with Gasteiger partial charge in [0.15, 0.2) is 0 Å². The van der Waals surface area contributed by atoms with E-state index in [-0.39, 0.29) is 11.9 Å². The number of nitriles is 1. The molecule has 2 saturated heterocycles. The highest BCUT2D eigenvalue weighted by Gasteiger charge is 2.27. The summed E-state index contributed by atoms with van der Waals surface area (Å²) in [6, 6.07) is 9.17. The molecule has 0 N–H and O–H groups in total. The molecule has 30 heavy (non-hydrogen) atoms. The van der Waals surface area contributed by atoms with Crippen LogP contribution in [0.5, 0.6) is 0 Å². The lowest BCUT2D eigenvalue weighted by atomic mass is 10.0. The first-order valence-corrected chi connectivity index (χ1v) is 12.3. The van der Waals surface area contributed by atoms with Gasteiger partial charge in [0.1, 0.15) is 0 Å². The molecule has 2 aliphatic heterocycles. The summed E-state index contributed by atoms with van der Waals surface area (Å²) in [5.41, 5.74) is 0.938. The second-order valence-corrected chi connectivity index (χ2v) is 9.89. The van der Waals surface area contributed by atoms with E-state index in [9.17, 15) is 13.2 Å². The molecule has 1 aromatic rings. The van der Waals surface area contributed by atoms with Crippen molar-refractivity contribution < 1.29 is 17.9 Å². The van der Waals surface area contributed by atoms with Crippen LogP contribution in [0, 0.1) is 11.3 Å². The fraction of sp³-hybridized carbons (Fsp3) is 0.636. The topological polar surface area (TPSA) is 90.7 Å². The number of piperidine rings is 1. The number of nitrogens with zero attached hydrogens (tertiary/aromatic N) is 3. The first-order valence-electron chi connectivity index (χ1n) is 10.9. The zero-order valence-electron chi connectivity index (χ0n) is 17.5. The molecule has 1 aromatic carbocycles. The second kappa shape index (κ2) is 10.9. The van der Waals surface area contributed by atoms with Gasteiger partial charge in [-0.15, -0.1) is 0 Å². The van der Waals surface area contributed by atoms with Gasteiger partial charge >= 0.3 is 0 Å². The first-order chi connectivity index (χ1) is 14.5. The van der Waals surface area contributed by atoms with Gasteiger partial charge in [0.25, 0.3) is 0 Å². The minimum absolute atomic E-state index is 0.0437. The Balaban J connectivity index is 1.59. The first kappa shape index (κ1) is 22.7. The zero-order chi connectivity index (χ0) is 21.4. The predicted octanol–water partition coefficient (Wildman–Crippen LogP) is 2.72. The Morgan fingerprint density at radius 1 is 1.13 bits per heavy atom. The summed E-state index contributed by atoms with van der Waals surface area (Å²) in [7, 11) is -3.43. The molecular formula is C22H31N3O4S. The van der Waals surface area contributed by atoms with Crippen molar-refractivity contribution in [1.82, 2.24) is 9.21 Å². The summed E-state index contributed by atoms with van der Waals surface area (Å²) in [5.74, 6) is 0.0437. The average molecular weight is 434 g/mol. The third-order valence-electron chi connectivity index (χ3n) is 5.92. The molecular weight excluding hydrogens is 402 g/mol. The molecule has 1 amide bonds. The third-order valence-corrected chi connectivity index (χ3v) is 7.83. The van der Waals surface area contributed by atoms with Crippen molar-refractivity contribution in [2.75, 3.05) is 32.8 Å². The molecule has 0 aliphatic carbocycles. The highest BCUT2D eigenvalue weighted by molar-refractivity contribution is 7.89. The molecule has 8 heteroatoms. The standard InChI is InChI=1S/C22H31N3O4S/c23-13-4-16-25(20-11-17-29-18-12-20)22(26)10-7-19-5-8-21(9-6-19)30(27,28)24-14-2-1-3-15-24/h5-6,8-9,20H,1-4,7,10-12,14-18H2. The lowest BCUT2D eigenvalue weighted by Gasteiger charge is -2.34. The number of ether oxygens (including phenoxy) is 1. The molecule has 0 atom stereocenters. The summed E-state index contributed by atoms with van der Waals surface area (Å²) >= 11 is 0. The molecule has 2 aliphatic rings. The number of carbonyl (C=O) groups excluding carboxylic acids is 1. The predicted molar refractivity (Wildman–Crippen MR) is 113 cm³/mol. The number of sulfonamides is 1. The van der Waals surface area contributed by atoms with Crippen LogP contribution < -0.4 is 0 Å². The van der Waals surface area contributed by atoms with Gasteiger partial charge in [-0.2, -0.15) is 9.57 Å². The van der Waals surface area contributed by atoms with Crippen LogP contribution in [0.3, 0.4) is 0 Å². The third kappa shape index (κ3) is 5.81. The van der Waals surface area contributed by atoms with Crippen molar-refractivity contribution in [3.05, 3.63) is 29.8 Å². The number of aryl methyl sites for hydroxylation is 1. The van der Waals surface area contributed by atoms with Gasteiger partial charge in [0.05, 0.1) is 17.4 Å². The van der Waals surface area contributed by atoms with Gasteiger partial charge in [-0.25, -0.2) is 8.42 Å². The Hall–Kier alpha value is -1.95. The molecule has 0 unspecified atom stereocenters. The number of amides is 1. The van der Waals surface area contributed by atoms with Crippen LogP contribution in [-0.4, -0.2) is 62.4 Å². The zero-order valence-corrected chi connectivity index (χ0v) is 18.3.